The molecule has 0 aliphatic heterocycles. The molecule has 5 aromatic rings. The van der Waals surface area contributed by atoms with Crippen LogP contribution in [0.4, 0.5) is 5.69 Å². The number of hydrogen-bond donors (Lipinski definition) is 1. The van der Waals surface area contributed by atoms with Crippen LogP contribution in [0.3, 0.4) is 0 Å². The number of fused-ring (bicyclic) bond motifs is 1. The first-order chi connectivity index (χ1) is 16.6. The van der Waals surface area contributed by atoms with Gasteiger partial charge in [-0.05, 0) is 65.2 Å². The van der Waals surface area contributed by atoms with E-state index in [1.807, 2.05) is 59.5 Å². The summed E-state index contributed by atoms with van der Waals surface area (Å²) in [6.07, 6.45) is 8.45. The molecule has 9 nitrogen and oxygen atoms in total. The number of hydrogen-bond acceptors (Lipinski definition) is 6. The third-order valence-electron chi connectivity index (χ3n) is 6.19. The second-order valence-electron chi connectivity index (χ2n) is 8.27. The van der Waals surface area contributed by atoms with Gasteiger partial charge in [0.05, 0.1) is 11.9 Å². The molecule has 1 unspecified atom stereocenters. The first-order valence-electron chi connectivity index (χ1n) is 10.8. The van der Waals surface area contributed by atoms with E-state index in [0.29, 0.717) is 16.4 Å². The second-order valence-corrected chi connectivity index (χ2v) is 8.70. The highest BCUT2D eigenvalue weighted by Gasteiger charge is 2.33. The van der Waals surface area contributed by atoms with Crippen molar-refractivity contribution in [2.24, 2.45) is 0 Å². The summed E-state index contributed by atoms with van der Waals surface area (Å²) in [6.45, 7) is 0. The number of rotatable bonds is 4. The number of pyridine rings is 1. The van der Waals surface area contributed by atoms with Crippen molar-refractivity contribution >= 4 is 17.3 Å². The maximum atomic E-state index is 13.3. The van der Waals surface area contributed by atoms with Gasteiger partial charge in [-0.25, -0.2) is 0 Å². The Bertz CT molecular complexity index is 1490. The zero-order chi connectivity index (χ0) is 23.2. The molecule has 1 aliphatic carbocycles. The Morgan fingerprint density at radius 2 is 1.91 bits per heavy atom. The fourth-order valence-corrected chi connectivity index (χ4v) is 4.75. The van der Waals surface area contributed by atoms with Crippen LogP contribution in [0, 0.1) is 5.21 Å². The predicted octanol–water partition coefficient (Wildman–Crippen LogP) is 3.60. The first kappa shape index (κ1) is 20.4. The van der Waals surface area contributed by atoms with Crippen LogP contribution in [0.1, 0.15) is 23.7 Å². The fourth-order valence-electron chi connectivity index (χ4n) is 4.58. The van der Waals surface area contributed by atoms with E-state index in [1.165, 1.54) is 6.33 Å². The average molecular weight is 471 g/mol. The fraction of sp³-hybridized carbons (Fsp3) is 0.125. The van der Waals surface area contributed by atoms with Crippen molar-refractivity contribution in [3.63, 3.8) is 0 Å². The minimum absolute atomic E-state index is 0.137. The van der Waals surface area contributed by atoms with Crippen LogP contribution >= 0.6 is 11.6 Å². The molecule has 168 valence electrons. The van der Waals surface area contributed by atoms with Gasteiger partial charge in [0.1, 0.15) is 12.4 Å². The molecular formula is C24H19ClN8O. The molecule has 3 aromatic heterocycles. The smallest absolute Gasteiger partial charge is 0.220 e. The summed E-state index contributed by atoms with van der Waals surface area (Å²) in [4.78, 5) is 0. The van der Waals surface area contributed by atoms with E-state index >= 15 is 0 Å². The molecule has 0 bridgehead atoms. The molecule has 2 N–H and O–H groups in total. The topological polar surface area (TPSA) is 114 Å². The monoisotopic (exact) mass is 470 g/mol. The van der Waals surface area contributed by atoms with Gasteiger partial charge >= 0.3 is 0 Å². The number of nitrogens with two attached hydrogens (primary N) is 1. The molecule has 10 heteroatoms. The van der Waals surface area contributed by atoms with E-state index in [2.05, 4.69) is 20.6 Å². The van der Waals surface area contributed by atoms with Crippen molar-refractivity contribution < 1.29 is 4.73 Å². The first-order valence-corrected chi connectivity index (χ1v) is 11.1. The van der Waals surface area contributed by atoms with Crippen LogP contribution in [0.15, 0.2) is 73.4 Å². The minimum Gasteiger partial charge on any atom is -0.618 e. The molecule has 0 saturated carbocycles. The number of nitrogen functional groups attached to an aromatic ring is 1. The van der Waals surface area contributed by atoms with Gasteiger partial charge in [0.25, 0.3) is 0 Å². The number of aryl methyl sites for hydroxylation is 1. The van der Waals surface area contributed by atoms with Crippen LogP contribution in [0.2, 0.25) is 5.02 Å². The number of halogens is 1. The van der Waals surface area contributed by atoms with Crippen molar-refractivity contribution in [3.05, 3.63) is 94.9 Å². The van der Waals surface area contributed by atoms with E-state index in [4.69, 9.17) is 17.3 Å². The molecule has 0 saturated heterocycles. The zero-order valence-electron chi connectivity index (χ0n) is 17.9. The third kappa shape index (κ3) is 3.46. The molecular weight excluding hydrogens is 452 g/mol. The Balaban J connectivity index is 1.38. The maximum absolute atomic E-state index is 13.3. The minimum atomic E-state index is -0.137. The summed E-state index contributed by atoms with van der Waals surface area (Å²) in [5, 5.41) is 29.8. The number of tetrazole rings is 1. The maximum Gasteiger partial charge on any atom is 0.220 e. The summed E-state index contributed by atoms with van der Waals surface area (Å²) in [5.41, 5.74) is 12.5. The van der Waals surface area contributed by atoms with E-state index in [1.54, 1.807) is 16.9 Å². The summed E-state index contributed by atoms with van der Waals surface area (Å²) in [6, 6.07) is 15.0. The quantitative estimate of drug-likeness (QED) is 0.244. The molecule has 6 rings (SSSR count). The highest BCUT2D eigenvalue weighted by molar-refractivity contribution is 6.31. The summed E-state index contributed by atoms with van der Waals surface area (Å²) in [7, 11) is 0. The van der Waals surface area contributed by atoms with Crippen LogP contribution in [-0.4, -0.2) is 30.0 Å². The highest BCUT2D eigenvalue weighted by atomic mass is 35.5. The van der Waals surface area contributed by atoms with Crippen LogP contribution in [-0.2, 0) is 6.42 Å². The lowest BCUT2D eigenvalue weighted by atomic mass is 10.0. The van der Waals surface area contributed by atoms with Crippen LogP contribution < -0.4 is 10.5 Å². The Labute approximate surface area is 199 Å². The Hall–Kier alpha value is -4.24. The second kappa shape index (κ2) is 7.96. The standard InChI is InChI=1S/C24H19ClN8O/c25-19-4-8-22(32-14-27-29-30-32)21(10-19)17-9-16-3-7-23(24(16)33(34)13-17)31-12-18(11-28-31)15-1-5-20(26)6-2-15/h1-2,4-6,8-14,23H,3,7,26H2. The summed E-state index contributed by atoms with van der Waals surface area (Å²) in [5.74, 6) is 0. The molecule has 0 fully saturated rings. The van der Waals surface area contributed by atoms with Gasteiger partial charge < -0.3 is 10.9 Å². The lowest BCUT2D eigenvalue weighted by molar-refractivity contribution is -0.615. The van der Waals surface area contributed by atoms with E-state index < -0.39 is 0 Å². The van der Waals surface area contributed by atoms with E-state index in [9.17, 15) is 5.21 Å². The van der Waals surface area contributed by atoms with Crippen molar-refractivity contribution in [3.8, 4) is 27.9 Å². The Morgan fingerprint density at radius 3 is 2.71 bits per heavy atom. The van der Waals surface area contributed by atoms with Gasteiger partial charge in [-0.2, -0.15) is 14.5 Å². The average Bonchev–Trinajstić information content (AvgIpc) is 3.60. The molecule has 1 atom stereocenters. The normalized spacial score (nSPS) is 14.9. The molecule has 0 radical (unpaired) electrons. The number of aromatic nitrogens is 7. The Kier molecular flexibility index (Phi) is 4.77. The number of anilines is 1. The SMILES string of the molecule is Nc1ccc(-c2cnn(C3CCc4cc(-c5cc(Cl)ccc5-n5cnnn5)c[n+]([O-])c43)c2)cc1. The zero-order valence-corrected chi connectivity index (χ0v) is 18.7. The van der Waals surface area contributed by atoms with Crippen LogP contribution in [0.25, 0.3) is 27.9 Å². The van der Waals surface area contributed by atoms with Gasteiger partial charge in [0, 0.05) is 39.2 Å². The van der Waals surface area contributed by atoms with Gasteiger partial charge in [0.15, 0.2) is 6.20 Å². The molecule has 1 aliphatic rings. The van der Waals surface area contributed by atoms with Crippen molar-refractivity contribution in [2.45, 2.75) is 18.9 Å². The number of benzene rings is 2. The van der Waals surface area contributed by atoms with Gasteiger partial charge in [-0.3, -0.25) is 4.68 Å². The van der Waals surface area contributed by atoms with E-state index in [-0.39, 0.29) is 6.04 Å². The molecule has 34 heavy (non-hydrogen) atoms. The largest absolute Gasteiger partial charge is 0.618 e. The lowest BCUT2D eigenvalue weighted by Gasteiger charge is -2.14. The van der Waals surface area contributed by atoms with Crippen molar-refractivity contribution in [1.29, 1.82) is 0 Å². The van der Waals surface area contributed by atoms with Crippen molar-refractivity contribution in [2.75, 3.05) is 5.73 Å². The molecule has 2 aromatic carbocycles. The van der Waals surface area contributed by atoms with Gasteiger partial charge in [-0.15, -0.1) is 5.10 Å². The van der Waals surface area contributed by atoms with Crippen LogP contribution in [0.5, 0.6) is 0 Å². The Morgan fingerprint density at radius 1 is 1.06 bits per heavy atom. The lowest BCUT2D eigenvalue weighted by Crippen LogP contribution is -2.34. The van der Waals surface area contributed by atoms with Gasteiger partial charge in [-0.1, -0.05) is 23.7 Å². The molecule has 0 spiro atoms. The summed E-state index contributed by atoms with van der Waals surface area (Å²) < 4.78 is 4.38. The third-order valence-corrected chi connectivity index (χ3v) is 6.42. The number of nitrogens with zero attached hydrogens (tertiary/aromatic N) is 7. The molecule has 3 heterocycles. The van der Waals surface area contributed by atoms with E-state index in [0.717, 1.165) is 51.1 Å². The summed E-state index contributed by atoms with van der Waals surface area (Å²) >= 11 is 6.29. The van der Waals surface area contributed by atoms with Crippen molar-refractivity contribution in [1.82, 2.24) is 30.0 Å². The van der Waals surface area contributed by atoms with Gasteiger partial charge in [0.2, 0.25) is 5.69 Å². The predicted molar refractivity (Wildman–Crippen MR) is 127 cm³/mol. The molecule has 0 amide bonds. The highest BCUT2D eigenvalue weighted by Crippen LogP contribution is 2.36.